The predicted octanol–water partition coefficient (Wildman–Crippen LogP) is 4.19. The lowest BCUT2D eigenvalue weighted by molar-refractivity contribution is 0.0748. The van der Waals surface area contributed by atoms with Crippen LogP contribution in [-0.2, 0) is 13.0 Å². The molecule has 2 bridgehead atoms. The summed E-state index contributed by atoms with van der Waals surface area (Å²) in [7, 11) is 0. The molecule has 2 aliphatic heterocycles. The van der Waals surface area contributed by atoms with Crippen LogP contribution < -0.4 is 0 Å². The van der Waals surface area contributed by atoms with E-state index in [0.717, 1.165) is 30.6 Å². The number of aromatic nitrogens is 1. The lowest BCUT2D eigenvalue weighted by atomic mass is 9.70. The zero-order valence-electron chi connectivity index (χ0n) is 15.6. The van der Waals surface area contributed by atoms with E-state index in [1.165, 1.54) is 23.8 Å². The molecule has 2 fully saturated rings. The minimum absolute atomic E-state index is 0.0128. The van der Waals surface area contributed by atoms with E-state index >= 15 is 0 Å². The molecule has 1 aromatic heterocycles. The van der Waals surface area contributed by atoms with E-state index in [4.69, 9.17) is 4.98 Å². The highest BCUT2D eigenvalue weighted by atomic mass is 16.3. The van der Waals surface area contributed by atoms with E-state index in [-0.39, 0.29) is 12.0 Å². The second-order valence-corrected chi connectivity index (χ2v) is 8.30. The van der Waals surface area contributed by atoms with Crippen LogP contribution >= 0.6 is 0 Å². The number of benzene rings is 2. The fraction of sp³-hybridized carbons (Fsp3) is 0.375. The Morgan fingerprint density at radius 2 is 1.78 bits per heavy atom. The van der Waals surface area contributed by atoms with Gasteiger partial charge in [0.05, 0.1) is 17.8 Å². The molecule has 0 unspecified atom stereocenters. The zero-order valence-corrected chi connectivity index (χ0v) is 15.6. The number of aliphatic hydroxyl groups is 1. The van der Waals surface area contributed by atoms with Crippen LogP contribution in [0.3, 0.4) is 0 Å². The first-order valence-electron chi connectivity index (χ1n) is 10.0. The number of hydrogen-bond acceptors (Lipinski definition) is 3. The summed E-state index contributed by atoms with van der Waals surface area (Å²) in [6.07, 6.45) is 4.49. The van der Waals surface area contributed by atoms with Crippen LogP contribution in [0, 0.1) is 5.41 Å². The van der Waals surface area contributed by atoms with Gasteiger partial charge < -0.3 is 5.11 Å². The molecular weight excluding hydrogens is 332 g/mol. The van der Waals surface area contributed by atoms with Gasteiger partial charge in [0, 0.05) is 29.4 Å². The van der Waals surface area contributed by atoms with Crippen LogP contribution in [0.25, 0.3) is 10.9 Å². The molecule has 0 aliphatic carbocycles. The molecule has 2 aromatic carbocycles. The van der Waals surface area contributed by atoms with Gasteiger partial charge in [-0.25, -0.2) is 0 Å². The van der Waals surface area contributed by atoms with Gasteiger partial charge in [-0.3, -0.25) is 9.88 Å². The number of para-hydroxylation sites is 1. The molecule has 2 saturated heterocycles. The molecule has 27 heavy (non-hydrogen) atoms. The van der Waals surface area contributed by atoms with Crippen molar-refractivity contribution in [3.8, 4) is 0 Å². The van der Waals surface area contributed by atoms with Crippen molar-refractivity contribution < 1.29 is 5.11 Å². The first-order valence-corrected chi connectivity index (χ1v) is 10.0. The van der Waals surface area contributed by atoms with Crippen LogP contribution in [-0.4, -0.2) is 33.7 Å². The van der Waals surface area contributed by atoms with E-state index in [9.17, 15) is 5.11 Å². The van der Waals surface area contributed by atoms with Crippen molar-refractivity contribution >= 4 is 10.9 Å². The third kappa shape index (κ3) is 2.95. The highest BCUT2D eigenvalue weighted by Crippen LogP contribution is 2.51. The van der Waals surface area contributed by atoms with Gasteiger partial charge in [-0.05, 0) is 43.4 Å². The summed E-state index contributed by atoms with van der Waals surface area (Å²) in [5.74, 6) is 0. The van der Waals surface area contributed by atoms with Crippen LogP contribution in [0.15, 0.2) is 66.7 Å². The zero-order chi connectivity index (χ0) is 18.3. The predicted molar refractivity (Wildman–Crippen MR) is 108 cm³/mol. The average molecular weight is 358 g/mol. The number of hydrogen-bond donors (Lipinski definition) is 1. The van der Waals surface area contributed by atoms with Gasteiger partial charge in [-0.1, -0.05) is 54.6 Å². The molecule has 3 heterocycles. The summed E-state index contributed by atoms with van der Waals surface area (Å²) in [5, 5.41) is 11.6. The maximum absolute atomic E-state index is 10.4. The normalized spacial score (nSPS) is 27.4. The highest BCUT2D eigenvalue weighted by molar-refractivity contribution is 5.78. The molecule has 138 valence electrons. The largest absolute Gasteiger partial charge is 0.396 e. The lowest BCUT2D eigenvalue weighted by Gasteiger charge is -2.36. The van der Waals surface area contributed by atoms with Crippen molar-refractivity contribution in [1.29, 1.82) is 0 Å². The van der Waals surface area contributed by atoms with Crippen LogP contribution in [0.2, 0.25) is 0 Å². The molecule has 0 saturated carbocycles. The van der Waals surface area contributed by atoms with Gasteiger partial charge in [0.2, 0.25) is 0 Å². The van der Waals surface area contributed by atoms with Crippen molar-refractivity contribution in [2.45, 2.75) is 44.3 Å². The van der Waals surface area contributed by atoms with Crippen LogP contribution in [0.1, 0.15) is 30.5 Å². The van der Waals surface area contributed by atoms with E-state index in [1.807, 2.05) is 0 Å². The Morgan fingerprint density at radius 1 is 0.963 bits per heavy atom. The summed E-state index contributed by atoms with van der Waals surface area (Å²) < 4.78 is 0. The molecule has 5 rings (SSSR count). The standard InChI is InChI=1S/C24H26N2O/c27-17-24(14-18-6-2-1-3-7-18)15-21-12-13-23(24)26(21)16-20-11-10-19-8-4-5-9-22(19)25-20/h1-11,21,23,27H,12-17H2/t21-,23+,24-/m0/s1. The molecular formula is C24H26N2O. The van der Waals surface area contributed by atoms with E-state index in [0.29, 0.717) is 12.1 Å². The molecule has 3 heteroatoms. The number of nitrogens with zero attached hydrogens (tertiary/aromatic N) is 2. The Hall–Kier alpha value is -2.23. The molecule has 3 aromatic rings. The highest BCUT2D eigenvalue weighted by Gasteiger charge is 2.55. The van der Waals surface area contributed by atoms with Gasteiger partial charge in [0.1, 0.15) is 0 Å². The van der Waals surface area contributed by atoms with Gasteiger partial charge in [0.25, 0.3) is 0 Å². The van der Waals surface area contributed by atoms with E-state index < -0.39 is 0 Å². The summed E-state index contributed by atoms with van der Waals surface area (Å²) in [6.45, 7) is 1.15. The second-order valence-electron chi connectivity index (χ2n) is 8.30. The molecule has 0 radical (unpaired) electrons. The average Bonchev–Trinajstić information content (AvgIpc) is 3.23. The number of fused-ring (bicyclic) bond motifs is 3. The number of pyridine rings is 1. The molecule has 1 N–H and O–H groups in total. The van der Waals surface area contributed by atoms with E-state index in [2.05, 4.69) is 71.6 Å². The maximum Gasteiger partial charge on any atom is 0.0705 e. The Kier molecular flexibility index (Phi) is 4.22. The monoisotopic (exact) mass is 358 g/mol. The van der Waals surface area contributed by atoms with Gasteiger partial charge >= 0.3 is 0 Å². The van der Waals surface area contributed by atoms with E-state index in [1.54, 1.807) is 0 Å². The Bertz CT molecular complexity index is 941. The van der Waals surface area contributed by atoms with Crippen molar-refractivity contribution in [3.05, 3.63) is 78.0 Å². The fourth-order valence-electron chi connectivity index (χ4n) is 5.46. The van der Waals surface area contributed by atoms with Gasteiger partial charge in [0.15, 0.2) is 0 Å². The lowest BCUT2D eigenvalue weighted by Crippen LogP contribution is -2.41. The molecule has 3 atom stereocenters. The smallest absolute Gasteiger partial charge is 0.0705 e. The van der Waals surface area contributed by atoms with Crippen molar-refractivity contribution in [1.82, 2.24) is 9.88 Å². The van der Waals surface area contributed by atoms with Crippen molar-refractivity contribution in [3.63, 3.8) is 0 Å². The Balaban J connectivity index is 1.40. The molecule has 2 aliphatic rings. The van der Waals surface area contributed by atoms with Gasteiger partial charge in [-0.2, -0.15) is 0 Å². The summed E-state index contributed by atoms with van der Waals surface area (Å²) >= 11 is 0. The summed E-state index contributed by atoms with van der Waals surface area (Å²) in [5.41, 5.74) is 3.53. The minimum atomic E-state index is -0.0128. The second kappa shape index (κ2) is 6.74. The molecule has 0 amide bonds. The summed E-state index contributed by atoms with van der Waals surface area (Å²) in [4.78, 5) is 7.51. The Morgan fingerprint density at radius 3 is 2.63 bits per heavy atom. The van der Waals surface area contributed by atoms with Crippen LogP contribution in [0.5, 0.6) is 0 Å². The SMILES string of the molecule is OC[C@]1(Cc2ccccc2)C[C@@H]2CC[C@H]1N2Cc1ccc2ccccc2n1. The Labute approximate surface area is 160 Å². The topological polar surface area (TPSA) is 36.4 Å². The summed E-state index contributed by atoms with van der Waals surface area (Å²) in [6, 6.07) is 24.3. The van der Waals surface area contributed by atoms with Gasteiger partial charge in [-0.15, -0.1) is 0 Å². The van der Waals surface area contributed by atoms with Crippen molar-refractivity contribution in [2.24, 2.45) is 5.41 Å². The quantitative estimate of drug-likeness (QED) is 0.743. The number of rotatable bonds is 5. The third-order valence-electron chi connectivity index (χ3n) is 6.71. The maximum atomic E-state index is 10.4. The first kappa shape index (κ1) is 16.9. The fourth-order valence-corrected chi connectivity index (χ4v) is 5.46. The first-order chi connectivity index (χ1) is 13.3. The third-order valence-corrected chi connectivity index (χ3v) is 6.71. The molecule has 0 spiro atoms. The number of aliphatic hydroxyl groups excluding tert-OH is 1. The van der Waals surface area contributed by atoms with Crippen molar-refractivity contribution in [2.75, 3.05) is 6.61 Å². The van der Waals surface area contributed by atoms with Crippen LogP contribution in [0.4, 0.5) is 0 Å². The molecule has 3 nitrogen and oxygen atoms in total. The minimum Gasteiger partial charge on any atom is -0.396 e.